The van der Waals surface area contributed by atoms with Crippen molar-refractivity contribution in [3.63, 3.8) is 0 Å². The van der Waals surface area contributed by atoms with E-state index in [9.17, 15) is 18.0 Å². The number of carbonyl (C=O) groups is 2. The molecule has 0 saturated carbocycles. The molecule has 2 aromatic rings. The quantitative estimate of drug-likeness (QED) is 0.658. The van der Waals surface area contributed by atoms with E-state index in [0.717, 1.165) is 5.56 Å². The van der Waals surface area contributed by atoms with Crippen LogP contribution in [-0.4, -0.2) is 32.9 Å². The summed E-state index contributed by atoms with van der Waals surface area (Å²) in [5.41, 5.74) is 1.82. The van der Waals surface area contributed by atoms with E-state index in [0.29, 0.717) is 27.8 Å². The first kappa shape index (κ1) is 21.3. The molecule has 0 radical (unpaired) electrons. The summed E-state index contributed by atoms with van der Waals surface area (Å²) in [4.78, 5) is 25.4. The fourth-order valence-electron chi connectivity index (χ4n) is 3.46. The normalized spacial score (nSPS) is 15.7. The van der Waals surface area contributed by atoms with E-state index in [1.54, 1.807) is 6.92 Å². The number of sulfonamides is 1. The van der Waals surface area contributed by atoms with Crippen LogP contribution in [0.1, 0.15) is 36.7 Å². The van der Waals surface area contributed by atoms with Gasteiger partial charge in [0, 0.05) is 23.1 Å². The Kier molecular flexibility index (Phi) is 6.00. The molecule has 0 bridgehead atoms. The number of hydrogen-bond donors (Lipinski definition) is 1. The van der Waals surface area contributed by atoms with Crippen LogP contribution in [0.4, 0.5) is 11.4 Å². The highest BCUT2D eigenvalue weighted by Gasteiger charge is 2.35. The Morgan fingerprint density at radius 1 is 1.24 bits per heavy atom. The van der Waals surface area contributed by atoms with Crippen LogP contribution in [0.15, 0.2) is 45.8 Å². The molecule has 0 aromatic heterocycles. The smallest absolute Gasteiger partial charge is 0.338 e. The lowest BCUT2D eigenvalue weighted by Crippen LogP contribution is -2.34. The van der Waals surface area contributed by atoms with Gasteiger partial charge in [-0.2, -0.15) is 0 Å². The van der Waals surface area contributed by atoms with Crippen molar-refractivity contribution in [2.24, 2.45) is 0 Å². The molecule has 0 unspecified atom stereocenters. The lowest BCUT2D eigenvalue weighted by Gasteiger charge is -2.23. The van der Waals surface area contributed by atoms with Gasteiger partial charge in [0.1, 0.15) is 4.90 Å². The van der Waals surface area contributed by atoms with E-state index < -0.39 is 16.0 Å². The summed E-state index contributed by atoms with van der Waals surface area (Å²) >= 11 is 3.36. The van der Waals surface area contributed by atoms with Crippen molar-refractivity contribution >= 4 is 49.2 Å². The third-order valence-corrected chi connectivity index (χ3v) is 6.45. The maximum atomic E-state index is 13.1. The number of nitrogens with zero attached hydrogens (tertiary/aromatic N) is 1. The Morgan fingerprint density at radius 3 is 2.48 bits per heavy atom. The summed E-state index contributed by atoms with van der Waals surface area (Å²) in [5.74, 6) is -0.688. The monoisotopic (exact) mass is 480 g/mol. The molecular formula is C20H21BrN2O5S. The summed E-state index contributed by atoms with van der Waals surface area (Å²) < 4.78 is 34.4. The molecule has 1 aliphatic heterocycles. The van der Waals surface area contributed by atoms with Crippen molar-refractivity contribution in [2.45, 2.75) is 38.1 Å². The molecule has 154 valence electrons. The lowest BCUT2D eigenvalue weighted by atomic mass is 10.1. The van der Waals surface area contributed by atoms with Crippen LogP contribution < -0.4 is 9.62 Å². The molecule has 0 saturated heterocycles. The fourth-order valence-corrected chi connectivity index (χ4v) is 5.44. The maximum absolute atomic E-state index is 13.1. The van der Waals surface area contributed by atoms with E-state index in [-0.39, 0.29) is 23.5 Å². The summed E-state index contributed by atoms with van der Waals surface area (Å²) in [5, 5.41) is 0. The predicted octanol–water partition coefficient (Wildman–Crippen LogP) is 3.72. The standard InChI is InChI=1S/C20H21BrN2O5S/c1-4-28-20(25)14-5-7-17(8-6-14)22-29(26,27)18-11-16(21)10-15-9-12(2)23(13(3)24)19(15)18/h5-8,10-12,22H,4,9H2,1-3H3/t12-/m0/s1. The molecule has 2 aromatic carbocycles. The number of halogens is 1. The van der Waals surface area contributed by atoms with Crippen LogP contribution in [0, 0.1) is 0 Å². The second-order valence-electron chi connectivity index (χ2n) is 6.76. The Balaban J connectivity index is 1.97. The molecule has 9 heteroatoms. The number of hydrogen-bond acceptors (Lipinski definition) is 5. The lowest BCUT2D eigenvalue weighted by molar-refractivity contribution is -0.116. The van der Waals surface area contributed by atoms with Gasteiger partial charge in [-0.15, -0.1) is 0 Å². The van der Waals surface area contributed by atoms with Crippen LogP contribution in [0.3, 0.4) is 0 Å². The molecular weight excluding hydrogens is 460 g/mol. The topological polar surface area (TPSA) is 92.8 Å². The number of anilines is 2. The molecule has 7 nitrogen and oxygen atoms in total. The highest BCUT2D eigenvalue weighted by Crippen LogP contribution is 2.40. The van der Waals surface area contributed by atoms with Gasteiger partial charge in [-0.25, -0.2) is 13.2 Å². The Hall–Kier alpha value is -2.39. The number of rotatable bonds is 5. The summed E-state index contributed by atoms with van der Waals surface area (Å²) in [6.45, 7) is 5.27. The summed E-state index contributed by atoms with van der Waals surface area (Å²) in [6.07, 6.45) is 0.575. The van der Waals surface area contributed by atoms with Gasteiger partial charge >= 0.3 is 5.97 Å². The minimum absolute atomic E-state index is 0.0240. The highest BCUT2D eigenvalue weighted by molar-refractivity contribution is 9.10. The van der Waals surface area contributed by atoms with Gasteiger partial charge < -0.3 is 9.64 Å². The average molecular weight is 481 g/mol. The van der Waals surface area contributed by atoms with Crippen LogP contribution in [0.25, 0.3) is 0 Å². The van der Waals surface area contributed by atoms with E-state index in [1.165, 1.54) is 42.2 Å². The van der Waals surface area contributed by atoms with Gasteiger partial charge in [0.2, 0.25) is 5.91 Å². The maximum Gasteiger partial charge on any atom is 0.338 e. The molecule has 1 N–H and O–H groups in total. The Labute approximate surface area is 178 Å². The molecule has 1 amide bonds. The van der Waals surface area contributed by atoms with Crippen LogP contribution >= 0.6 is 15.9 Å². The first-order valence-electron chi connectivity index (χ1n) is 9.06. The fraction of sp³-hybridized carbons (Fsp3) is 0.300. The number of benzene rings is 2. The number of nitrogens with one attached hydrogen (secondary N) is 1. The van der Waals surface area contributed by atoms with Gasteiger partial charge in [-0.1, -0.05) is 15.9 Å². The molecule has 3 rings (SSSR count). The average Bonchev–Trinajstić information content (AvgIpc) is 2.97. The number of carbonyl (C=O) groups excluding carboxylic acids is 2. The Morgan fingerprint density at radius 2 is 1.90 bits per heavy atom. The van der Waals surface area contributed by atoms with Crippen molar-refractivity contribution < 1.29 is 22.7 Å². The van der Waals surface area contributed by atoms with Crippen molar-refractivity contribution in [1.29, 1.82) is 0 Å². The zero-order valence-electron chi connectivity index (χ0n) is 16.2. The van der Waals surface area contributed by atoms with Crippen LogP contribution in [-0.2, 0) is 26.0 Å². The van der Waals surface area contributed by atoms with E-state index in [1.807, 2.05) is 13.0 Å². The summed E-state index contributed by atoms with van der Waals surface area (Å²) in [6, 6.07) is 9.16. The second kappa shape index (κ2) is 8.16. The van der Waals surface area contributed by atoms with Crippen molar-refractivity contribution in [2.75, 3.05) is 16.2 Å². The molecule has 0 spiro atoms. The van der Waals surface area contributed by atoms with Gasteiger partial charge in [0.05, 0.1) is 17.9 Å². The molecule has 0 fully saturated rings. The molecule has 29 heavy (non-hydrogen) atoms. The van der Waals surface area contributed by atoms with E-state index in [2.05, 4.69) is 20.7 Å². The molecule has 1 atom stereocenters. The first-order chi connectivity index (χ1) is 13.6. The zero-order chi connectivity index (χ0) is 21.3. The highest BCUT2D eigenvalue weighted by atomic mass is 79.9. The second-order valence-corrected chi connectivity index (χ2v) is 9.32. The van der Waals surface area contributed by atoms with Gasteiger partial charge in [0.25, 0.3) is 10.0 Å². The van der Waals surface area contributed by atoms with Gasteiger partial charge in [-0.3, -0.25) is 9.52 Å². The van der Waals surface area contributed by atoms with E-state index in [4.69, 9.17) is 4.74 Å². The zero-order valence-corrected chi connectivity index (χ0v) is 18.6. The van der Waals surface area contributed by atoms with Crippen LogP contribution in [0.2, 0.25) is 0 Å². The minimum Gasteiger partial charge on any atom is -0.462 e. The number of amides is 1. The third-order valence-electron chi connectivity index (χ3n) is 4.59. The molecule has 0 aliphatic carbocycles. The van der Waals surface area contributed by atoms with Crippen molar-refractivity contribution in [3.05, 3.63) is 52.0 Å². The van der Waals surface area contributed by atoms with Crippen molar-refractivity contribution in [3.8, 4) is 0 Å². The van der Waals surface area contributed by atoms with Crippen LogP contribution in [0.5, 0.6) is 0 Å². The number of ether oxygens (including phenoxy) is 1. The SMILES string of the molecule is CCOC(=O)c1ccc(NS(=O)(=O)c2cc(Br)cc3c2N(C(C)=O)[C@@H](C)C3)cc1. The summed E-state index contributed by atoms with van der Waals surface area (Å²) in [7, 11) is -3.98. The largest absolute Gasteiger partial charge is 0.462 e. The minimum atomic E-state index is -3.98. The van der Waals surface area contributed by atoms with Gasteiger partial charge in [0.15, 0.2) is 0 Å². The predicted molar refractivity (Wildman–Crippen MR) is 114 cm³/mol. The van der Waals surface area contributed by atoms with E-state index >= 15 is 0 Å². The Bertz CT molecular complexity index is 1070. The third kappa shape index (κ3) is 4.30. The first-order valence-corrected chi connectivity index (χ1v) is 11.3. The van der Waals surface area contributed by atoms with Crippen molar-refractivity contribution in [1.82, 2.24) is 0 Å². The number of fused-ring (bicyclic) bond motifs is 1. The number of esters is 1. The van der Waals surface area contributed by atoms with Gasteiger partial charge in [-0.05, 0) is 62.2 Å². The molecule has 1 aliphatic rings. The molecule has 1 heterocycles.